The van der Waals surface area contributed by atoms with Crippen LogP contribution in [0.25, 0.3) is 0 Å². The van der Waals surface area contributed by atoms with Crippen molar-refractivity contribution in [1.82, 2.24) is 9.80 Å². The van der Waals surface area contributed by atoms with E-state index < -0.39 is 0 Å². The van der Waals surface area contributed by atoms with E-state index >= 15 is 0 Å². The predicted molar refractivity (Wildman–Crippen MR) is 136 cm³/mol. The summed E-state index contributed by atoms with van der Waals surface area (Å²) in [5, 5.41) is 0. The number of rotatable bonds is 5. The molecule has 32 heavy (non-hydrogen) atoms. The number of nitrogens with zero attached hydrogens (tertiary/aromatic N) is 4. The summed E-state index contributed by atoms with van der Waals surface area (Å²) >= 11 is 0. The van der Waals surface area contributed by atoms with Gasteiger partial charge in [-0.05, 0) is 37.7 Å². The first kappa shape index (κ1) is 26.1. The Kier molecular flexibility index (Phi) is 9.94. The molecule has 0 saturated carbocycles. The smallest absolute Gasteiger partial charge is 0.260 e. The molecule has 0 atom stereocenters. The highest BCUT2D eigenvalue weighted by Gasteiger charge is 2.22. The Morgan fingerprint density at radius 2 is 1.50 bits per heavy atom. The molecule has 0 radical (unpaired) electrons. The van der Waals surface area contributed by atoms with E-state index in [0.29, 0.717) is 0 Å². The van der Waals surface area contributed by atoms with E-state index in [1.54, 1.807) is 0 Å². The Bertz CT molecular complexity index is 867. The lowest BCUT2D eigenvalue weighted by Crippen LogP contribution is -2.50. The van der Waals surface area contributed by atoms with Crippen LogP contribution in [0.5, 0.6) is 5.75 Å². The van der Waals surface area contributed by atoms with Crippen molar-refractivity contribution in [1.29, 1.82) is 0 Å². The molecule has 2 aliphatic rings. The molecule has 2 aliphatic heterocycles. The molecular formula is C24H34Cl2N4O2. The van der Waals surface area contributed by atoms with Crippen LogP contribution in [-0.4, -0.2) is 81.7 Å². The number of ether oxygens (including phenoxy) is 1. The summed E-state index contributed by atoms with van der Waals surface area (Å²) in [7, 11) is 2.16. The number of para-hydroxylation sites is 1. The lowest BCUT2D eigenvalue weighted by molar-refractivity contribution is -0.133. The first-order chi connectivity index (χ1) is 14.6. The maximum Gasteiger partial charge on any atom is 0.260 e. The summed E-state index contributed by atoms with van der Waals surface area (Å²) in [6.45, 7) is 9.58. The van der Waals surface area contributed by atoms with Crippen molar-refractivity contribution in [3.8, 4) is 5.75 Å². The number of hydrogen-bond donors (Lipinski definition) is 0. The third kappa shape index (κ3) is 6.44. The van der Waals surface area contributed by atoms with E-state index in [0.717, 1.165) is 58.1 Å². The number of hydrogen-bond acceptors (Lipinski definition) is 5. The number of carbonyl (C=O) groups excluding carboxylic acids is 1. The van der Waals surface area contributed by atoms with Gasteiger partial charge >= 0.3 is 0 Å². The molecule has 0 unspecified atom stereocenters. The van der Waals surface area contributed by atoms with Gasteiger partial charge < -0.3 is 24.3 Å². The van der Waals surface area contributed by atoms with Gasteiger partial charge in [-0.15, -0.1) is 24.8 Å². The van der Waals surface area contributed by atoms with Crippen LogP contribution in [0.3, 0.4) is 0 Å². The minimum absolute atomic E-state index is 0. The molecule has 2 heterocycles. The van der Waals surface area contributed by atoms with Crippen molar-refractivity contribution in [2.45, 2.75) is 6.92 Å². The number of likely N-dealkylation sites (N-methyl/N-ethyl adjacent to an activating group) is 1. The second kappa shape index (κ2) is 12.2. The van der Waals surface area contributed by atoms with E-state index in [-0.39, 0.29) is 37.3 Å². The molecule has 176 valence electrons. The van der Waals surface area contributed by atoms with Crippen LogP contribution < -0.4 is 14.5 Å². The van der Waals surface area contributed by atoms with Gasteiger partial charge in [0.2, 0.25) is 0 Å². The zero-order valence-electron chi connectivity index (χ0n) is 18.9. The molecule has 2 aromatic rings. The summed E-state index contributed by atoms with van der Waals surface area (Å²) in [6, 6.07) is 16.5. The minimum Gasteiger partial charge on any atom is -0.484 e. The normalized spacial score (nSPS) is 16.8. The van der Waals surface area contributed by atoms with Crippen LogP contribution in [0, 0.1) is 6.92 Å². The van der Waals surface area contributed by atoms with Gasteiger partial charge in [0, 0.05) is 69.8 Å². The zero-order chi connectivity index (χ0) is 20.9. The summed E-state index contributed by atoms with van der Waals surface area (Å²) in [5.41, 5.74) is 3.71. The highest BCUT2D eigenvalue weighted by molar-refractivity contribution is 5.85. The van der Waals surface area contributed by atoms with Gasteiger partial charge in [0.15, 0.2) is 6.61 Å². The molecule has 4 rings (SSSR count). The number of amides is 1. The fraction of sp³-hybridized carbons (Fsp3) is 0.458. The molecule has 8 heteroatoms. The molecule has 0 bridgehead atoms. The van der Waals surface area contributed by atoms with Gasteiger partial charge in [0.1, 0.15) is 5.75 Å². The van der Waals surface area contributed by atoms with E-state index in [9.17, 15) is 4.79 Å². The molecule has 1 amide bonds. The highest BCUT2D eigenvalue weighted by atomic mass is 35.5. The molecule has 0 aliphatic carbocycles. The Hall–Kier alpha value is -2.15. The molecule has 0 spiro atoms. The molecule has 6 nitrogen and oxygen atoms in total. The summed E-state index contributed by atoms with van der Waals surface area (Å²) in [6.07, 6.45) is 0. The standard InChI is InChI=1S/C24H32N4O2.2ClH/c1-20-6-3-4-9-23(20)27-14-16-28(17-15-27)24(29)19-30-22-8-5-7-21(18-22)26-12-10-25(2)11-13-26;;/h3-9,18H,10-17,19H2,1-2H3;2*1H. The van der Waals surface area contributed by atoms with Crippen LogP contribution in [0.4, 0.5) is 11.4 Å². The largest absolute Gasteiger partial charge is 0.484 e. The number of anilines is 2. The Balaban J connectivity index is 0.00000181. The lowest BCUT2D eigenvalue weighted by Gasteiger charge is -2.36. The molecule has 0 N–H and O–H groups in total. The van der Waals surface area contributed by atoms with Crippen molar-refractivity contribution < 1.29 is 9.53 Å². The van der Waals surface area contributed by atoms with Gasteiger partial charge in [0.05, 0.1) is 0 Å². The summed E-state index contributed by atoms with van der Waals surface area (Å²) in [5.74, 6) is 0.822. The average molecular weight is 481 g/mol. The van der Waals surface area contributed by atoms with Crippen LogP contribution in [0.2, 0.25) is 0 Å². The average Bonchev–Trinajstić information content (AvgIpc) is 2.79. The zero-order valence-corrected chi connectivity index (χ0v) is 20.5. The Labute approximate surface area is 203 Å². The minimum atomic E-state index is 0. The Morgan fingerprint density at radius 3 is 2.19 bits per heavy atom. The quantitative estimate of drug-likeness (QED) is 0.656. The third-order valence-corrected chi connectivity index (χ3v) is 6.14. The van der Waals surface area contributed by atoms with Crippen molar-refractivity contribution in [2.24, 2.45) is 0 Å². The first-order valence-corrected chi connectivity index (χ1v) is 10.8. The number of carbonyl (C=O) groups is 1. The number of benzene rings is 2. The summed E-state index contributed by atoms with van der Waals surface area (Å²) in [4.78, 5) is 21.7. The van der Waals surface area contributed by atoms with Gasteiger partial charge in [-0.25, -0.2) is 0 Å². The number of halogens is 2. The number of aryl methyl sites for hydroxylation is 1. The monoisotopic (exact) mass is 480 g/mol. The van der Waals surface area contributed by atoms with Gasteiger partial charge in [0.25, 0.3) is 5.91 Å². The fourth-order valence-electron chi connectivity index (χ4n) is 4.19. The molecule has 2 fully saturated rings. The maximum absolute atomic E-state index is 12.7. The Morgan fingerprint density at radius 1 is 0.844 bits per heavy atom. The van der Waals surface area contributed by atoms with Crippen molar-refractivity contribution >= 4 is 42.1 Å². The second-order valence-electron chi connectivity index (χ2n) is 8.23. The summed E-state index contributed by atoms with van der Waals surface area (Å²) < 4.78 is 5.86. The molecule has 2 saturated heterocycles. The number of piperazine rings is 2. The fourth-order valence-corrected chi connectivity index (χ4v) is 4.19. The van der Waals surface area contributed by atoms with Gasteiger partial charge in [-0.1, -0.05) is 24.3 Å². The third-order valence-electron chi connectivity index (χ3n) is 6.14. The predicted octanol–water partition coefficient (Wildman–Crippen LogP) is 3.32. The van der Waals surface area contributed by atoms with Crippen LogP contribution in [0.15, 0.2) is 48.5 Å². The van der Waals surface area contributed by atoms with E-state index in [4.69, 9.17) is 4.74 Å². The molecule has 2 aromatic carbocycles. The topological polar surface area (TPSA) is 39.3 Å². The highest BCUT2D eigenvalue weighted by Crippen LogP contribution is 2.23. The second-order valence-corrected chi connectivity index (χ2v) is 8.23. The first-order valence-electron chi connectivity index (χ1n) is 10.8. The van der Waals surface area contributed by atoms with E-state index in [1.807, 2.05) is 17.0 Å². The van der Waals surface area contributed by atoms with Crippen LogP contribution in [-0.2, 0) is 4.79 Å². The molecule has 0 aromatic heterocycles. The van der Waals surface area contributed by atoms with Gasteiger partial charge in [-0.2, -0.15) is 0 Å². The van der Waals surface area contributed by atoms with E-state index in [2.05, 4.69) is 65.1 Å². The van der Waals surface area contributed by atoms with Crippen molar-refractivity contribution in [3.63, 3.8) is 0 Å². The van der Waals surface area contributed by atoms with Crippen LogP contribution >= 0.6 is 24.8 Å². The van der Waals surface area contributed by atoms with Crippen LogP contribution in [0.1, 0.15) is 5.56 Å². The van der Waals surface area contributed by atoms with Crippen molar-refractivity contribution in [2.75, 3.05) is 75.8 Å². The van der Waals surface area contributed by atoms with Crippen molar-refractivity contribution in [3.05, 3.63) is 54.1 Å². The SMILES string of the molecule is Cc1ccccc1N1CCN(C(=O)COc2cccc(N3CCN(C)CC3)c2)CC1.Cl.Cl. The van der Waals surface area contributed by atoms with E-state index in [1.165, 1.54) is 16.9 Å². The van der Waals surface area contributed by atoms with Gasteiger partial charge in [-0.3, -0.25) is 4.79 Å². The molecular weight excluding hydrogens is 447 g/mol. The lowest BCUT2D eigenvalue weighted by atomic mass is 10.1. The maximum atomic E-state index is 12.7.